The number of benzene rings is 3. The van der Waals surface area contributed by atoms with Crippen molar-refractivity contribution in [1.82, 2.24) is 0 Å². The number of nitrogens with zero attached hydrogens (tertiary/aromatic N) is 1. The molecular formula is C27H21BrFNO5. The maximum absolute atomic E-state index is 14.9. The van der Waals surface area contributed by atoms with Crippen molar-refractivity contribution < 1.29 is 28.1 Å². The topological polar surface area (TPSA) is 77.8 Å². The first kappa shape index (κ1) is 23.2. The molecular weight excluding hydrogens is 517 g/mol. The third-order valence-corrected chi connectivity index (χ3v) is 6.80. The normalized spacial score (nSPS) is 17.7. The molecule has 178 valence electrons. The molecule has 0 saturated heterocycles. The standard InChI is InChI=1S/C27H21BrFNO5/c1-32-26(31)10-16-14-33-25-12-18(4-5-19(16)25)34-23-8-6-20-22(9-7-21(29)27(20)23)35-24-11-17(28)3-2-15(24)13-30/h2-5,7,9,11-12,16,23H,6,8,10,14H2,1H3/t16-,23-/m1/s1. The molecule has 0 radical (unpaired) electrons. The quantitative estimate of drug-likeness (QED) is 0.340. The van der Waals surface area contributed by atoms with E-state index in [2.05, 4.69) is 22.0 Å². The van der Waals surface area contributed by atoms with Gasteiger partial charge in [-0.05, 0) is 49.2 Å². The summed E-state index contributed by atoms with van der Waals surface area (Å²) < 4.78 is 38.5. The Hall–Kier alpha value is -3.57. The van der Waals surface area contributed by atoms with Crippen molar-refractivity contribution in [2.45, 2.75) is 31.3 Å². The van der Waals surface area contributed by atoms with E-state index in [-0.39, 0.29) is 24.1 Å². The Labute approximate surface area is 210 Å². The first-order valence-electron chi connectivity index (χ1n) is 11.2. The van der Waals surface area contributed by atoms with Crippen LogP contribution in [0.25, 0.3) is 0 Å². The molecule has 0 N–H and O–H groups in total. The number of nitriles is 1. The van der Waals surface area contributed by atoms with Gasteiger partial charge in [-0.2, -0.15) is 5.26 Å². The zero-order valence-corrected chi connectivity index (χ0v) is 20.4. The molecule has 2 aliphatic rings. The fourth-order valence-electron chi connectivity index (χ4n) is 4.59. The maximum Gasteiger partial charge on any atom is 0.306 e. The summed E-state index contributed by atoms with van der Waals surface area (Å²) in [6.07, 6.45) is 0.918. The fraction of sp³-hybridized carbons (Fsp3) is 0.259. The lowest BCUT2D eigenvalue weighted by Crippen LogP contribution is -2.09. The van der Waals surface area contributed by atoms with Gasteiger partial charge in [0.15, 0.2) is 0 Å². The van der Waals surface area contributed by atoms with Crippen LogP contribution in [0.15, 0.2) is 53.0 Å². The molecule has 1 aliphatic carbocycles. The average Bonchev–Trinajstić information content (AvgIpc) is 3.46. The molecule has 6 nitrogen and oxygen atoms in total. The van der Waals surface area contributed by atoms with Crippen LogP contribution in [0.1, 0.15) is 47.1 Å². The molecule has 8 heteroatoms. The molecule has 0 amide bonds. The van der Waals surface area contributed by atoms with E-state index in [1.165, 1.54) is 13.2 Å². The number of halogens is 2. The summed E-state index contributed by atoms with van der Waals surface area (Å²) >= 11 is 3.40. The van der Waals surface area contributed by atoms with Gasteiger partial charge in [0.2, 0.25) is 0 Å². The van der Waals surface area contributed by atoms with Crippen LogP contribution in [0.5, 0.6) is 23.0 Å². The second-order valence-electron chi connectivity index (χ2n) is 8.43. The SMILES string of the molecule is COC(=O)C[C@@H]1COc2cc(O[C@@H]3CCc4c(Oc5cc(Br)ccc5C#N)ccc(F)c43)ccc21. The molecule has 0 unspecified atom stereocenters. The van der Waals surface area contributed by atoms with Crippen LogP contribution in [0.2, 0.25) is 0 Å². The first-order chi connectivity index (χ1) is 17.0. The summed E-state index contributed by atoms with van der Waals surface area (Å²) in [5.41, 5.74) is 2.51. The van der Waals surface area contributed by atoms with Crippen molar-refractivity contribution in [2.75, 3.05) is 13.7 Å². The molecule has 1 aliphatic heterocycles. The third-order valence-electron chi connectivity index (χ3n) is 6.31. The van der Waals surface area contributed by atoms with Gasteiger partial charge >= 0.3 is 5.97 Å². The van der Waals surface area contributed by atoms with Gasteiger partial charge < -0.3 is 18.9 Å². The van der Waals surface area contributed by atoms with Gasteiger partial charge in [-0.15, -0.1) is 0 Å². The summed E-state index contributed by atoms with van der Waals surface area (Å²) in [7, 11) is 1.37. The highest BCUT2D eigenvalue weighted by Crippen LogP contribution is 2.44. The highest BCUT2D eigenvalue weighted by Gasteiger charge is 2.32. The highest BCUT2D eigenvalue weighted by molar-refractivity contribution is 9.10. The molecule has 3 aromatic carbocycles. The van der Waals surface area contributed by atoms with E-state index in [4.69, 9.17) is 18.9 Å². The Kier molecular flexibility index (Phi) is 6.35. The third kappa shape index (κ3) is 4.56. The first-order valence-corrected chi connectivity index (χ1v) is 11.9. The number of carbonyl (C=O) groups is 1. The molecule has 5 rings (SSSR count). The molecule has 1 heterocycles. The molecule has 0 bridgehead atoms. The van der Waals surface area contributed by atoms with Gasteiger partial charge in [-0.1, -0.05) is 22.0 Å². The van der Waals surface area contributed by atoms with Crippen LogP contribution in [-0.2, 0) is 16.0 Å². The van der Waals surface area contributed by atoms with Gasteiger partial charge in [0.25, 0.3) is 0 Å². The van der Waals surface area contributed by atoms with Crippen LogP contribution in [0.3, 0.4) is 0 Å². The van der Waals surface area contributed by atoms with Crippen LogP contribution in [0, 0.1) is 17.1 Å². The lowest BCUT2D eigenvalue weighted by Gasteiger charge is -2.17. The number of rotatable bonds is 6. The number of fused-ring (bicyclic) bond motifs is 2. The summed E-state index contributed by atoms with van der Waals surface area (Å²) in [4.78, 5) is 11.7. The van der Waals surface area contributed by atoms with Gasteiger partial charge in [-0.3, -0.25) is 4.79 Å². The van der Waals surface area contributed by atoms with Gasteiger partial charge in [0.05, 0.1) is 25.7 Å². The van der Waals surface area contributed by atoms with E-state index in [9.17, 15) is 14.4 Å². The fourth-order valence-corrected chi connectivity index (χ4v) is 4.93. The predicted octanol–water partition coefficient (Wildman–Crippen LogP) is 6.36. The Bertz CT molecular complexity index is 1350. The van der Waals surface area contributed by atoms with E-state index < -0.39 is 6.10 Å². The minimum atomic E-state index is -0.489. The zero-order chi connectivity index (χ0) is 24.5. The maximum atomic E-state index is 14.9. The van der Waals surface area contributed by atoms with Gasteiger partial charge in [0.1, 0.15) is 41.0 Å². The van der Waals surface area contributed by atoms with Crippen LogP contribution in [-0.4, -0.2) is 19.7 Å². The Morgan fingerprint density at radius 2 is 2.06 bits per heavy atom. The summed E-state index contributed by atoms with van der Waals surface area (Å²) in [5, 5.41) is 9.41. The van der Waals surface area contributed by atoms with E-state index >= 15 is 0 Å². The van der Waals surface area contributed by atoms with Gasteiger partial charge in [0, 0.05) is 33.1 Å². The van der Waals surface area contributed by atoms with E-state index in [1.807, 2.05) is 12.1 Å². The van der Waals surface area contributed by atoms with Crippen LogP contribution < -0.4 is 14.2 Å². The number of ether oxygens (including phenoxy) is 4. The molecule has 0 aromatic heterocycles. The van der Waals surface area contributed by atoms with Crippen molar-refractivity contribution in [3.63, 3.8) is 0 Å². The summed E-state index contributed by atoms with van der Waals surface area (Å²) in [6, 6.07) is 15.7. The largest absolute Gasteiger partial charge is 0.492 e. The monoisotopic (exact) mass is 537 g/mol. The van der Waals surface area contributed by atoms with Crippen molar-refractivity contribution >= 4 is 21.9 Å². The highest BCUT2D eigenvalue weighted by atomic mass is 79.9. The zero-order valence-electron chi connectivity index (χ0n) is 18.8. The average molecular weight is 538 g/mol. The predicted molar refractivity (Wildman–Crippen MR) is 128 cm³/mol. The number of methoxy groups -OCH3 is 1. The van der Waals surface area contributed by atoms with Crippen molar-refractivity contribution in [2.24, 2.45) is 0 Å². The lowest BCUT2D eigenvalue weighted by molar-refractivity contribution is -0.141. The number of esters is 1. The van der Waals surface area contributed by atoms with E-state index in [0.29, 0.717) is 53.6 Å². The summed E-state index contributed by atoms with van der Waals surface area (Å²) in [5.74, 6) is 1.41. The van der Waals surface area contributed by atoms with E-state index in [0.717, 1.165) is 15.6 Å². The number of hydrogen-bond acceptors (Lipinski definition) is 6. The molecule has 2 atom stereocenters. The van der Waals surface area contributed by atoms with Crippen LogP contribution in [0.4, 0.5) is 4.39 Å². The smallest absolute Gasteiger partial charge is 0.306 e. The second-order valence-corrected chi connectivity index (χ2v) is 9.34. The van der Waals surface area contributed by atoms with Gasteiger partial charge in [-0.25, -0.2) is 4.39 Å². The Morgan fingerprint density at radius 1 is 1.20 bits per heavy atom. The van der Waals surface area contributed by atoms with Crippen molar-refractivity contribution in [3.05, 3.63) is 81.1 Å². The van der Waals surface area contributed by atoms with Crippen molar-refractivity contribution in [1.29, 1.82) is 5.26 Å². The minimum Gasteiger partial charge on any atom is -0.492 e. The summed E-state index contributed by atoms with van der Waals surface area (Å²) in [6.45, 7) is 0.399. The molecule has 0 fully saturated rings. The Balaban J connectivity index is 1.38. The minimum absolute atomic E-state index is 0.0628. The van der Waals surface area contributed by atoms with E-state index in [1.54, 1.807) is 30.3 Å². The lowest BCUT2D eigenvalue weighted by atomic mass is 9.98. The molecule has 0 saturated carbocycles. The van der Waals surface area contributed by atoms with Crippen LogP contribution >= 0.6 is 15.9 Å². The Morgan fingerprint density at radius 3 is 2.86 bits per heavy atom. The molecule has 3 aromatic rings. The second kappa shape index (κ2) is 9.59. The molecule has 0 spiro atoms. The molecule has 35 heavy (non-hydrogen) atoms. The van der Waals surface area contributed by atoms with Crippen molar-refractivity contribution in [3.8, 4) is 29.1 Å². The number of hydrogen-bond donors (Lipinski definition) is 0. The number of carbonyl (C=O) groups excluding carboxylic acids is 1.